The van der Waals surface area contributed by atoms with Gasteiger partial charge in [-0.05, 0) is 36.4 Å². The molecule has 6 heteroatoms. The lowest BCUT2D eigenvalue weighted by atomic mass is 10.2. The van der Waals surface area contributed by atoms with Crippen molar-refractivity contribution in [3.05, 3.63) is 65.1 Å². The molecule has 0 spiro atoms. The van der Waals surface area contributed by atoms with Crippen LogP contribution in [-0.4, -0.2) is 14.9 Å². The monoisotopic (exact) mass is 283 g/mol. The first-order valence-corrected chi connectivity index (χ1v) is 6.67. The number of rotatable bonds is 3. The molecule has 0 aliphatic carbocycles. The molecule has 0 amide bonds. The molecule has 0 N–H and O–H groups in total. The molecular weight excluding hydrogens is 274 g/mol. The second-order valence-electron chi connectivity index (χ2n) is 4.02. The Morgan fingerprint density at radius 2 is 1.85 bits per heavy atom. The van der Waals surface area contributed by atoms with E-state index >= 15 is 0 Å². The fourth-order valence-electron chi connectivity index (χ4n) is 1.92. The van der Waals surface area contributed by atoms with E-state index in [9.17, 15) is 10.1 Å². The molecule has 0 aliphatic rings. The van der Waals surface area contributed by atoms with Crippen LogP contribution < -0.4 is 0 Å². The largest absolute Gasteiger partial charge is 0.292 e. The first kappa shape index (κ1) is 12.6. The van der Waals surface area contributed by atoms with Gasteiger partial charge in [0.25, 0.3) is 5.69 Å². The molecule has 0 atom stereocenters. The van der Waals surface area contributed by atoms with Crippen molar-refractivity contribution in [1.82, 2.24) is 9.97 Å². The normalized spacial score (nSPS) is 10.6. The molecule has 5 nitrogen and oxygen atoms in total. The van der Waals surface area contributed by atoms with Gasteiger partial charge in [-0.3, -0.25) is 20.1 Å². The highest BCUT2D eigenvalue weighted by Crippen LogP contribution is 2.38. The number of nitro groups is 1. The zero-order chi connectivity index (χ0) is 13.9. The summed E-state index contributed by atoms with van der Waals surface area (Å²) in [6.07, 6.45) is 4.95. The highest BCUT2D eigenvalue weighted by molar-refractivity contribution is 7.99. The molecule has 0 bridgehead atoms. The van der Waals surface area contributed by atoms with Crippen LogP contribution in [0.15, 0.2) is 64.8 Å². The van der Waals surface area contributed by atoms with Crippen molar-refractivity contribution in [3.8, 4) is 0 Å². The van der Waals surface area contributed by atoms with Crippen LogP contribution >= 0.6 is 11.8 Å². The average Bonchev–Trinajstić information content (AvgIpc) is 2.47. The summed E-state index contributed by atoms with van der Waals surface area (Å²) >= 11 is 1.35. The zero-order valence-corrected chi connectivity index (χ0v) is 11.1. The maximum atomic E-state index is 11.4. The summed E-state index contributed by atoms with van der Waals surface area (Å²) in [7, 11) is 0. The maximum absolute atomic E-state index is 11.4. The van der Waals surface area contributed by atoms with Crippen LogP contribution in [0.2, 0.25) is 0 Å². The molecular formula is C14H9N3O2S. The third kappa shape index (κ3) is 2.33. The van der Waals surface area contributed by atoms with E-state index in [0.717, 1.165) is 4.90 Å². The lowest BCUT2D eigenvalue weighted by molar-refractivity contribution is -0.385. The van der Waals surface area contributed by atoms with Gasteiger partial charge in [0.2, 0.25) is 0 Å². The lowest BCUT2D eigenvalue weighted by Gasteiger charge is -2.05. The minimum Gasteiger partial charge on any atom is -0.265 e. The molecule has 0 saturated heterocycles. The minimum atomic E-state index is -0.354. The van der Waals surface area contributed by atoms with Crippen molar-refractivity contribution < 1.29 is 4.92 Å². The van der Waals surface area contributed by atoms with Crippen molar-refractivity contribution in [3.63, 3.8) is 0 Å². The topological polar surface area (TPSA) is 68.9 Å². The summed E-state index contributed by atoms with van der Waals surface area (Å²) in [4.78, 5) is 20.6. The number of aromatic nitrogens is 2. The van der Waals surface area contributed by atoms with Crippen molar-refractivity contribution in [1.29, 1.82) is 0 Å². The van der Waals surface area contributed by atoms with Crippen LogP contribution in [0.4, 0.5) is 5.69 Å². The van der Waals surface area contributed by atoms with E-state index < -0.39 is 0 Å². The van der Waals surface area contributed by atoms with Gasteiger partial charge in [-0.25, -0.2) is 0 Å². The standard InChI is InChI=1S/C14H9N3O2S/c18-17(19)14-11-2-1-7-16-12(11)3-4-13(14)20-10-5-8-15-9-6-10/h1-9H. The van der Waals surface area contributed by atoms with Crippen LogP contribution in [0.5, 0.6) is 0 Å². The van der Waals surface area contributed by atoms with Gasteiger partial charge in [0.05, 0.1) is 20.7 Å². The molecule has 20 heavy (non-hydrogen) atoms. The highest BCUT2D eigenvalue weighted by atomic mass is 32.2. The number of hydrogen-bond acceptors (Lipinski definition) is 5. The summed E-state index contributed by atoms with van der Waals surface area (Å²) < 4.78 is 0. The summed E-state index contributed by atoms with van der Waals surface area (Å²) in [5.74, 6) is 0. The quantitative estimate of drug-likeness (QED) is 0.541. The molecule has 0 radical (unpaired) electrons. The van der Waals surface area contributed by atoms with Gasteiger partial charge in [-0.1, -0.05) is 11.8 Å². The first-order chi connectivity index (χ1) is 9.75. The van der Waals surface area contributed by atoms with E-state index in [1.807, 2.05) is 12.1 Å². The fraction of sp³-hybridized carbons (Fsp3) is 0. The predicted octanol–water partition coefficient (Wildman–Crippen LogP) is 3.69. The van der Waals surface area contributed by atoms with Gasteiger partial charge in [0.1, 0.15) is 0 Å². The molecule has 3 aromatic rings. The van der Waals surface area contributed by atoms with Crippen molar-refractivity contribution in [2.75, 3.05) is 0 Å². The second-order valence-corrected chi connectivity index (χ2v) is 5.14. The van der Waals surface area contributed by atoms with Gasteiger partial charge in [0.15, 0.2) is 0 Å². The predicted molar refractivity (Wildman–Crippen MR) is 76.8 cm³/mol. The maximum Gasteiger partial charge on any atom is 0.292 e. The van der Waals surface area contributed by atoms with Gasteiger partial charge >= 0.3 is 0 Å². The van der Waals surface area contributed by atoms with Crippen LogP contribution in [-0.2, 0) is 0 Å². The Morgan fingerprint density at radius 3 is 2.60 bits per heavy atom. The number of nitro benzene ring substituents is 1. The molecule has 0 fully saturated rings. The van der Waals surface area contributed by atoms with Gasteiger partial charge in [0, 0.05) is 23.5 Å². The van der Waals surface area contributed by atoms with E-state index in [-0.39, 0.29) is 10.6 Å². The van der Waals surface area contributed by atoms with Gasteiger partial charge in [-0.2, -0.15) is 0 Å². The molecule has 0 aliphatic heterocycles. The molecule has 3 rings (SSSR count). The van der Waals surface area contributed by atoms with Crippen molar-refractivity contribution in [2.45, 2.75) is 9.79 Å². The lowest BCUT2D eigenvalue weighted by Crippen LogP contribution is -1.93. The number of pyridine rings is 2. The average molecular weight is 283 g/mol. The van der Waals surface area contributed by atoms with E-state index in [2.05, 4.69) is 9.97 Å². The van der Waals surface area contributed by atoms with Crippen LogP contribution in [0, 0.1) is 10.1 Å². The molecule has 98 valence electrons. The Hall–Kier alpha value is -2.47. The Balaban J connectivity index is 2.15. The summed E-state index contributed by atoms with van der Waals surface area (Å²) in [6.45, 7) is 0. The Kier molecular flexibility index (Phi) is 3.30. The Bertz CT molecular complexity index is 778. The number of nitrogens with zero attached hydrogens (tertiary/aromatic N) is 3. The molecule has 1 aromatic carbocycles. The number of fused-ring (bicyclic) bond motifs is 1. The number of benzene rings is 1. The minimum absolute atomic E-state index is 0.0948. The molecule has 2 aromatic heterocycles. The first-order valence-electron chi connectivity index (χ1n) is 5.86. The third-order valence-electron chi connectivity index (χ3n) is 2.78. The van der Waals surface area contributed by atoms with Crippen LogP contribution in [0.25, 0.3) is 10.9 Å². The fourth-order valence-corrected chi connectivity index (χ4v) is 2.85. The van der Waals surface area contributed by atoms with Crippen LogP contribution in [0.1, 0.15) is 0 Å². The smallest absolute Gasteiger partial charge is 0.265 e. The summed E-state index contributed by atoms with van der Waals surface area (Å²) in [5, 5.41) is 11.9. The number of hydrogen-bond donors (Lipinski definition) is 0. The highest BCUT2D eigenvalue weighted by Gasteiger charge is 2.19. The second kappa shape index (κ2) is 5.26. The Morgan fingerprint density at radius 1 is 1.05 bits per heavy atom. The van der Waals surface area contributed by atoms with Crippen molar-refractivity contribution >= 4 is 28.4 Å². The van der Waals surface area contributed by atoms with Crippen molar-refractivity contribution in [2.24, 2.45) is 0 Å². The van der Waals surface area contributed by atoms with Crippen LogP contribution in [0.3, 0.4) is 0 Å². The van der Waals surface area contributed by atoms with E-state index in [1.165, 1.54) is 11.8 Å². The molecule has 0 saturated carbocycles. The van der Waals surface area contributed by atoms with Gasteiger partial charge < -0.3 is 0 Å². The van der Waals surface area contributed by atoms with E-state index in [1.54, 1.807) is 42.9 Å². The SMILES string of the molecule is O=[N+]([O-])c1c(Sc2ccncc2)ccc2ncccc12. The zero-order valence-electron chi connectivity index (χ0n) is 10.3. The third-order valence-corrected chi connectivity index (χ3v) is 3.84. The van der Waals surface area contributed by atoms with E-state index in [4.69, 9.17) is 0 Å². The summed E-state index contributed by atoms with van der Waals surface area (Å²) in [6, 6.07) is 10.6. The molecule has 0 unspecified atom stereocenters. The van der Waals surface area contributed by atoms with E-state index in [0.29, 0.717) is 15.8 Å². The summed E-state index contributed by atoms with van der Waals surface area (Å²) in [5.41, 5.74) is 0.718. The van der Waals surface area contributed by atoms with Gasteiger partial charge in [-0.15, -0.1) is 0 Å². The molecule has 2 heterocycles. The Labute approximate surface area is 118 Å².